The zero-order chi connectivity index (χ0) is 54.1. The molecule has 0 aliphatic heterocycles. The van der Waals surface area contributed by atoms with E-state index in [1.165, 1.54) is 77.0 Å². The van der Waals surface area contributed by atoms with Gasteiger partial charge in [0.25, 0.3) is 0 Å². The Morgan fingerprint density at radius 1 is 0.493 bits per heavy atom. The van der Waals surface area contributed by atoms with Crippen molar-refractivity contribution >= 4 is 19.8 Å². The summed E-state index contributed by atoms with van der Waals surface area (Å²) in [6, 6.07) is 16.8. The van der Waals surface area contributed by atoms with E-state index in [1.54, 1.807) is 14.2 Å². The first kappa shape index (κ1) is 67.1. The van der Waals surface area contributed by atoms with Gasteiger partial charge < -0.3 is 28.4 Å². The SMILES string of the molecule is CCCCCCCC/C=C\CCCCCCCC(=O)O[C@@H](COCc1ccc(OC)cc1)COP(=O)(OCCC#N)OC[C@H](COCc1ccc(OC)cc1)OC(=O)CCCCCCC/C=C\CCCCCCCC. The summed E-state index contributed by atoms with van der Waals surface area (Å²) in [6.07, 6.45) is 37.5. The Morgan fingerprint density at radius 2 is 0.840 bits per heavy atom. The number of esters is 2. The van der Waals surface area contributed by atoms with Crippen molar-refractivity contribution in [2.45, 2.75) is 225 Å². The number of carbonyl (C=O) groups excluding carboxylic acids is 2. The van der Waals surface area contributed by atoms with Crippen molar-refractivity contribution in [1.29, 1.82) is 5.26 Å². The van der Waals surface area contributed by atoms with Crippen molar-refractivity contribution < 1.29 is 56.1 Å². The van der Waals surface area contributed by atoms with Gasteiger partial charge in [-0.25, -0.2) is 4.57 Å². The first-order chi connectivity index (χ1) is 36.7. The average molecular weight is 1070 g/mol. The van der Waals surface area contributed by atoms with Crippen LogP contribution in [0.15, 0.2) is 72.8 Å². The van der Waals surface area contributed by atoms with E-state index in [4.69, 9.17) is 42.0 Å². The summed E-state index contributed by atoms with van der Waals surface area (Å²) in [7, 11) is -1.24. The van der Waals surface area contributed by atoms with Crippen molar-refractivity contribution in [2.75, 3.05) is 47.3 Å². The number of carbonyl (C=O) groups is 2. The van der Waals surface area contributed by atoms with Gasteiger partial charge in [-0.3, -0.25) is 23.2 Å². The maximum Gasteiger partial charge on any atom is 0.475 e. The van der Waals surface area contributed by atoms with Crippen LogP contribution in [0.3, 0.4) is 0 Å². The molecular formula is C61H98NO12P. The predicted molar refractivity (Wildman–Crippen MR) is 300 cm³/mol. The third-order valence-electron chi connectivity index (χ3n) is 12.6. The summed E-state index contributed by atoms with van der Waals surface area (Å²) in [5.41, 5.74) is 1.74. The van der Waals surface area contributed by atoms with E-state index in [9.17, 15) is 19.4 Å². The van der Waals surface area contributed by atoms with Crippen molar-refractivity contribution in [3.05, 3.63) is 84.0 Å². The normalized spacial score (nSPS) is 12.5. The summed E-state index contributed by atoms with van der Waals surface area (Å²) in [6.45, 7) is 3.73. The molecule has 0 saturated heterocycles. The second-order valence-electron chi connectivity index (χ2n) is 19.4. The van der Waals surface area contributed by atoms with E-state index < -0.39 is 45.2 Å². The van der Waals surface area contributed by atoms with Gasteiger partial charge in [0.2, 0.25) is 0 Å². The molecule has 0 N–H and O–H groups in total. The van der Waals surface area contributed by atoms with E-state index in [2.05, 4.69) is 38.2 Å². The summed E-state index contributed by atoms with van der Waals surface area (Å²) in [5.74, 6) is 0.562. The number of unbranched alkanes of at least 4 members (excludes halogenated alkanes) is 22. The maximum atomic E-state index is 14.3. The summed E-state index contributed by atoms with van der Waals surface area (Å²) < 4.78 is 65.7. The smallest absolute Gasteiger partial charge is 0.475 e. The number of hydrogen-bond donors (Lipinski definition) is 0. The Hall–Kier alpha value is -4.02. The molecule has 2 aromatic carbocycles. The van der Waals surface area contributed by atoms with Crippen LogP contribution in [0.1, 0.15) is 211 Å². The van der Waals surface area contributed by atoms with Crippen LogP contribution in [0.4, 0.5) is 0 Å². The molecule has 0 fully saturated rings. The molecule has 13 nitrogen and oxygen atoms in total. The average Bonchev–Trinajstić information content (AvgIpc) is 3.42. The first-order valence-electron chi connectivity index (χ1n) is 28.7. The lowest BCUT2D eigenvalue weighted by Crippen LogP contribution is -2.30. The van der Waals surface area contributed by atoms with Gasteiger partial charge >= 0.3 is 19.8 Å². The third kappa shape index (κ3) is 38.2. The molecule has 0 aromatic heterocycles. The Balaban J connectivity index is 1.98. The number of rotatable bonds is 51. The van der Waals surface area contributed by atoms with Crippen LogP contribution in [-0.2, 0) is 59.9 Å². The molecule has 0 bridgehead atoms. The highest BCUT2D eigenvalue weighted by molar-refractivity contribution is 7.48. The zero-order valence-corrected chi connectivity index (χ0v) is 47.7. The molecule has 0 heterocycles. The lowest BCUT2D eigenvalue weighted by molar-refractivity contribution is -0.155. The number of nitriles is 1. The Kier molecular flexibility index (Phi) is 42.2. The number of nitrogens with zero attached hydrogens (tertiary/aromatic N) is 1. The molecular weight excluding hydrogens is 970 g/mol. The maximum absolute atomic E-state index is 14.3. The molecule has 2 atom stereocenters. The molecule has 0 saturated carbocycles. The minimum atomic E-state index is -4.43. The van der Waals surface area contributed by atoms with E-state index >= 15 is 0 Å². The van der Waals surface area contributed by atoms with Gasteiger partial charge in [0, 0.05) is 12.8 Å². The number of allylic oxidation sites excluding steroid dienone is 4. The first-order valence-corrected chi connectivity index (χ1v) is 30.2. The predicted octanol–water partition coefficient (Wildman–Crippen LogP) is 16.4. The Morgan fingerprint density at radius 3 is 1.19 bits per heavy atom. The van der Waals surface area contributed by atoms with Crippen LogP contribution >= 0.6 is 7.82 Å². The highest BCUT2D eigenvalue weighted by atomic mass is 31.2. The fourth-order valence-corrected chi connectivity index (χ4v) is 9.36. The van der Waals surface area contributed by atoms with Gasteiger partial charge in [0.15, 0.2) is 0 Å². The van der Waals surface area contributed by atoms with Gasteiger partial charge in [0.1, 0.15) is 23.7 Å². The van der Waals surface area contributed by atoms with Crippen LogP contribution < -0.4 is 9.47 Å². The molecule has 0 radical (unpaired) electrons. The molecule has 0 aliphatic rings. The number of hydrogen-bond acceptors (Lipinski definition) is 13. The monoisotopic (exact) mass is 1070 g/mol. The van der Waals surface area contributed by atoms with Crippen LogP contribution in [0.25, 0.3) is 0 Å². The zero-order valence-electron chi connectivity index (χ0n) is 46.8. The number of benzene rings is 2. The standard InChI is InChI=1S/C61H98NO12P/c1-5-7-9-11-13-15-17-19-21-23-25-27-29-31-33-36-60(63)73-58(50-68-48-54-38-42-56(66-3)43-39-54)52-71-75(65,70-47-35-46-62)72-53-59(51-69-49-55-40-44-57(67-4)45-41-55)74-61(64)37-34-32-30-28-26-24-22-20-18-16-14-12-10-8-6-2/h19-22,38-45,58-59H,5-18,23-37,47-53H2,1-4H3/b21-19-,22-20-/t58-,59-/m0/s1. The number of methoxy groups -OCH3 is 2. The largest absolute Gasteiger partial charge is 0.497 e. The number of phosphoric acid groups is 1. The van der Waals surface area contributed by atoms with Gasteiger partial charge in [0.05, 0.1) is 73.0 Å². The van der Waals surface area contributed by atoms with Crippen molar-refractivity contribution in [3.8, 4) is 17.6 Å². The minimum Gasteiger partial charge on any atom is -0.497 e. The van der Waals surface area contributed by atoms with Crippen LogP contribution in [0.5, 0.6) is 11.5 Å². The summed E-state index contributed by atoms with van der Waals surface area (Å²) >= 11 is 0. The van der Waals surface area contributed by atoms with E-state index in [1.807, 2.05) is 54.6 Å². The highest BCUT2D eigenvalue weighted by Crippen LogP contribution is 2.50. The molecule has 75 heavy (non-hydrogen) atoms. The van der Waals surface area contributed by atoms with Crippen LogP contribution in [-0.4, -0.2) is 71.4 Å². The molecule has 0 unspecified atom stereocenters. The lowest BCUT2D eigenvalue weighted by atomic mass is 10.1. The van der Waals surface area contributed by atoms with Gasteiger partial charge in [-0.1, -0.05) is 165 Å². The van der Waals surface area contributed by atoms with E-state index in [0.29, 0.717) is 24.3 Å². The van der Waals surface area contributed by atoms with Gasteiger partial charge in [-0.05, 0) is 99.6 Å². The van der Waals surface area contributed by atoms with Crippen LogP contribution in [0, 0.1) is 11.3 Å². The second kappa shape index (κ2) is 47.2. The fourth-order valence-electron chi connectivity index (χ4n) is 8.13. The summed E-state index contributed by atoms with van der Waals surface area (Å²) in [4.78, 5) is 26.4. The van der Waals surface area contributed by atoms with Crippen molar-refractivity contribution in [2.24, 2.45) is 0 Å². The third-order valence-corrected chi connectivity index (χ3v) is 14.1. The fraction of sp³-hybridized carbons (Fsp3) is 0.689. The lowest BCUT2D eigenvalue weighted by Gasteiger charge is -2.24. The van der Waals surface area contributed by atoms with Crippen LogP contribution in [0.2, 0.25) is 0 Å². The topological polar surface area (TPSA) is 158 Å². The second-order valence-corrected chi connectivity index (χ2v) is 21.1. The number of ether oxygens (including phenoxy) is 6. The molecule has 0 aliphatic carbocycles. The minimum absolute atomic E-state index is 0.0713. The highest BCUT2D eigenvalue weighted by Gasteiger charge is 2.32. The molecule has 14 heteroatoms. The van der Waals surface area contributed by atoms with Gasteiger partial charge in [-0.15, -0.1) is 0 Å². The van der Waals surface area contributed by atoms with Gasteiger partial charge in [-0.2, -0.15) is 5.26 Å². The Labute approximate surface area is 453 Å². The molecule has 2 rings (SSSR count). The summed E-state index contributed by atoms with van der Waals surface area (Å²) in [5, 5.41) is 9.28. The molecule has 424 valence electrons. The molecule has 0 spiro atoms. The number of phosphoric ester groups is 1. The Bertz CT molecular complexity index is 1710. The molecule has 0 amide bonds. The quantitative estimate of drug-likeness (QED) is 0.0267. The van der Waals surface area contributed by atoms with E-state index in [0.717, 1.165) is 88.2 Å². The molecule has 2 aromatic rings. The van der Waals surface area contributed by atoms with Crippen molar-refractivity contribution in [3.63, 3.8) is 0 Å². The van der Waals surface area contributed by atoms with Crippen molar-refractivity contribution in [1.82, 2.24) is 0 Å². The van der Waals surface area contributed by atoms with E-state index in [-0.39, 0.29) is 52.3 Å².